The number of benzene rings is 3. The number of hydrogen-bond donors (Lipinski definition) is 3. The molecule has 10 heteroatoms. The minimum Gasteiger partial charge on any atom is -0.505 e. The number of phenols is 1. The van der Waals surface area contributed by atoms with Gasteiger partial charge in [-0.05, 0) is 54.6 Å². The Morgan fingerprint density at radius 3 is 2.17 bits per heavy atom. The third-order valence-corrected chi connectivity index (χ3v) is 5.23. The van der Waals surface area contributed by atoms with E-state index in [1.165, 1.54) is 6.07 Å². The van der Waals surface area contributed by atoms with Crippen LogP contribution in [0.2, 0.25) is 0 Å². The monoisotopic (exact) mass is 413 g/mol. The van der Waals surface area contributed by atoms with Crippen molar-refractivity contribution in [2.75, 3.05) is 12.8 Å². The van der Waals surface area contributed by atoms with Gasteiger partial charge < -0.3 is 10.8 Å². The summed E-state index contributed by atoms with van der Waals surface area (Å²) in [5, 5.41) is 27.0. The average molecular weight is 413 g/mol. The van der Waals surface area contributed by atoms with Crippen LogP contribution in [0.4, 0.5) is 22.7 Å². The van der Waals surface area contributed by atoms with Crippen LogP contribution in [0.3, 0.4) is 0 Å². The molecule has 4 N–H and O–H groups in total. The Kier molecular flexibility index (Phi) is 5.31. The average Bonchev–Trinajstić information content (AvgIpc) is 2.63. The summed E-state index contributed by atoms with van der Waals surface area (Å²) in [5.74, 6) is -0.484. The molecule has 0 saturated heterocycles. The zero-order chi connectivity index (χ0) is 21.3. The first-order valence-corrected chi connectivity index (χ1v) is 9.92. The lowest BCUT2D eigenvalue weighted by Gasteiger charge is -2.10. The standard InChI is InChI=1S/C19H19N5O4S/c1-10-8-15(11(2)7-14(10)22-21-3)23-24-18-16(29(26,27)28)9-12-5-4-6-13(20)17(12)19(18)25/h4-9,25H,20H2,1-3H3,(H,26,27,28). The predicted molar refractivity (Wildman–Crippen MR) is 110 cm³/mol. The van der Waals surface area contributed by atoms with Crippen molar-refractivity contribution in [1.29, 1.82) is 0 Å². The molecule has 0 aliphatic rings. The molecular formula is C19H19N5O4S. The van der Waals surface area contributed by atoms with E-state index in [0.717, 1.165) is 11.1 Å². The highest BCUT2D eigenvalue weighted by Gasteiger charge is 2.23. The number of aromatic hydroxyl groups is 1. The molecule has 0 fully saturated rings. The normalized spacial score (nSPS) is 12.4. The van der Waals surface area contributed by atoms with Crippen LogP contribution in [0.5, 0.6) is 5.75 Å². The van der Waals surface area contributed by atoms with Gasteiger partial charge in [0.05, 0.1) is 11.4 Å². The number of anilines is 1. The summed E-state index contributed by atoms with van der Waals surface area (Å²) in [5.41, 5.74) is 8.38. The smallest absolute Gasteiger partial charge is 0.296 e. The van der Waals surface area contributed by atoms with Crippen molar-refractivity contribution in [3.8, 4) is 5.75 Å². The van der Waals surface area contributed by atoms with Crippen LogP contribution in [0.15, 0.2) is 61.8 Å². The Hall–Kier alpha value is -3.37. The largest absolute Gasteiger partial charge is 0.505 e. The number of phenolic OH excluding ortho intramolecular Hbond substituents is 1. The van der Waals surface area contributed by atoms with Crippen LogP contribution < -0.4 is 5.73 Å². The highest BCUT2D eigenvalue weighted by molar-refractivity contribution is 7.86. The molecule has 3 aromatic carbocycles. The Morgan fingerprint density at radius 1 is 0.966 bits per heavy atom. The highest BCUT2D eigenvalue weighted by Crippen LogP contribution is 2.43. The van der Waals surface area contributed by atoms with Gasteiger partial charge in [0.15, 0.2) is 5.75 Å². The summed E-state index contributed by atoms with van der Waals surface area (Å²) in [6, 6.07) is 9.40. The van der Waals surface area contributed by atoms with Crippen molar-refractivity contribution >= 4 is 43.6 Å². The Bertz CT molecular complexity index is 1280. The van der Waals surface area contributed by atoms with E-state index in [9.17, 15) is 18.1 Å². The maximum absolute atomic E-state index is 11.9. The zero-order valence-electron chi connectivity index (χ0n) is 15.9. The summed E-state index contributed by atoms with van der Waals surface area (Å²) in [6.45, 7) is 3.60. The van der Waals surface area contributed by atoms with Crippen molar-refractivity contribution in [1.82, 2.24) is 0 Å². The van der Waals surface area contributed by atoms with Crippen molar-refractivity contribution in [3.63, 3.8) is 0 Å². The zero-order valence-corrected chi connectivity index (χ0v) is 16.8. The molecule has 0 radical (unpaired) electrons. The van der Waals surface area contributed by atoms with Crippen LogP contribution in [0, 0.1) is 13.8 Å². The summed E-state index contributed by atoms with van der Waals surface area (Å²) in [7, 11) is -3.12. The van der Waals surface area contributed by atoms with Crippen molar-refractivity contribution in [2.24, 2.45) is 20.5 Å². The van der Waals surface area contributed by atoms with E-state index in [2.05, 4.69) is 20.5 Å². The third-order valence-electron chi connectivity index (χ3n) is 4.37. The number of fused-ring (bicyclic) bond motifs is 1. The van der Waals surface area contributed by atoms with E-state index in [0.29, 0.717) is 16.8 Å². The highest BCUT2D eigenvalue weighted by atomic mass is 32.2. The molecule has 0 aromatic heterocycles. The SMILES string of the molecule is CN=Nc1cc(C)c(N=Nc2c(S(=O)(=O)O)cc3cccc(N)c3c2O)cc1C. The van der Waals surface area contributed by atoms with E-state index in [-0.39, 0.29) is 11.1 Å². The summed E-state index contributed by atoms with van der Waals surface area (Å²) in [6.07, 6.45) is 0. The van der Waals surface area contributed by atoms with Crippen LogP contribution in [-0.4, -0.2) is 25.1 Å². The van der Waals surface area contributed by atoms with E-state index in [1.54, 1.807) is 44.3 Å². The third kappa shape index (κ3) is 3.93. The molecule has 0 spiro atoms. The molecule has 0 aliphatic carbocycles. The van der Waals surface area contributed by atoms with Gasteiger partial charge in [-0.25, -0.2) is 0 Å². The molecule has 0 atom stereocenters. The molecule has 0 amide bonds. The Morgan fingerprint density at radius 2 is 1.59 bits per heavy atom. The molecule has 29 heavy (non-hydrogen) atoms. The van der Waals surface area contributed by atoms with Crippen molar-refractivity contribution in [2.45, 2.75) is 18.7 Å². The lowest BCUT2D eigenvalue weighted by atomic mass is 10.1. The minimum atomic E-state index is -4.68. The summed E-state index contributed by atoms with van der Waals surface area (Å²) >= 11 is 0. The number of nitrogens with zero attached hydrogens (tertiary/aromatic N) is 4. The quantitative estimate of drug-likeness (QED) is 0.308. The van der Waals surface area contributed by atoms with Crippen LogP contribution >= 0.6 is 0 Å². The first kappa shape index (κ1) is 20.4. The maximum Gasteiger partial charge on any atom is 0.296 e. The topological polar surface area (TPSA) is 150 Å². The molecule has 0 saturated carbocycles. The fourth-order valence-corrected chi connectivity index (χ4v) is 3.59. The van der Waals surface area contributed by atoms with Gasteiger partial charge in [-0.15, -0.1) is 5.11 Å². The van der Waals surface area contributed by atoms with Gasteiger partial charge in [0.25, 0.3) is 10.1 Å². The van der Waals surface area contributed by atoms with Gasteiger partial charge in [-0.3, -0.25) is 4.55 Å². The van der Waals surface area contributed by atoms with Gasteiger partial charge >= 0.3 is 0 Å². The molecule has 0 heterocycles. The van der Waals surface area contributed by atoms with Gasteiger partial charge in [0.2, 0.25) is 0 Å². The molecular weight excluding hydrogens is 394 g/mol. The molecule has 0 unspecified atom stereocenters. The van der Waals surface area contributed by atoms with Gasteiger partial charge in [-0.2, -0.15) is 23.8 Å². The Labute approximate surface area is 167 Å². The number of nitrogen functional groups attached to an aromatic ring is 1. The lowest BCUT2D eigenvalue weighted by Crippen LogP contribution is -1.99. The fourth-order valence-electron chi connectivity index (χ4n) is 2.93. The first-order valence-electron chi connectivity index (χ1n) is 8.48. The van der Waals surface area contributed by atoms with Crippen LogP contribution in [-0.2, 0) is 10.1 Å². The lowest BCUT2D eigenvalue weighted by molar-refractivity contribution is 0.472. The second kappa shape index (κ2) is 7.57. The number of rotatable bonds is 4. The first-order chi connectivity index (χ1) is 13.6. The maximum atomic E-state index is 11.9. The number of aryl methyl sites for hydroxylation is 2. The van der Waals surface area contributed by atoms with Gasteiger partial charge in [0, 0.05) is 18.1 Å². The second-order valence-corrected chi connectivity index (χ2v) is 7.81. The molecule has 0 bridgehead atoms. The number of azo groups is 2. The van der Waals surface area contributed by atoms with E-state index in [1.807, 2.05) is 6.92 Å². The van der Waals surface area contributed by atoms with Crippen LogP contribution in [0.1, 0.15) is 11.1 Å². The molecule has 9 nitrogen and oxygen atoms in total. The predicted octanol–water partition coefficient (Wildman–Crippen LogP) is 5.12. The van der Waals surface area contributed by atoms with E-state index >= 15 is 0 Å². The van der Waals surface area contributed by atoms with Gasteiger partial charge in [0.1, 0.15) is 10.6 Å². The number of nitrogens with two attached hydrogens (primary N) is 1. The van der Waals surface area contributed by atoms with Crippen molar-refractivity contribution in [3.05, 3.63) is 47.5 Å². The molecule has 0 aliphatic heterocycles. The van der Waals surface area contributed by atoms with Crippen LogP contribution in [0.25, 0.3) is 10.8 Å². The second-order valence-electron chi connectivity index (χ2n) is 6.42. The van der Waals surface area contributed by atoms with E-state index < -0.39 is 26.5 Å². The Balaban J connectivity index is 2.23. The summed E-state index contributed by atoms with van der Waals surface area (Å²) < 4.78 is 33.4. The molecule has 3 aromatic rings. The fraction of sp³-hybridized carbons (Fsp3) is 0.158. The van der Waals surface area contributed by atoms with E-state index in [4.69, 9.17) is 5.73 Å². The summed E-state index contributed by atoms with van der Waals surface area (Å²) in [4.78, 5) is -0.567. The molecule has 150 valence electrons. The van der Waals surface area contributed by atoms with Crippen molar-refractivity contribution < 1.29 is 18.1 Å². The number of hydrogen-bond acceptors (Lipinski definition) is 8. The minimum absolute atomic E-state index is 0.223. The molecule has 3 rings (SSSR count). The van der Waals surface area contributed by atoms with Gasteiger partial charge in [-0.1, -0.05) is 12.1 Å².